The van der Waals surface area contributed by atoms with Crippen molar-refractivity contribution in [3.63, 3.8) is 0 Å². The first kappa shape index (κ1) is 16.9. The quantitative estimate of drug-likeness (QED) is 0.684. The Morgan fingerprint density at radius 2 is 1.56 bits per heavy atom. The van der Waals surface area contributed by atoms with Gasteiger partial charge in [-0.3, -0.25) is 14.4 Å². The van der Waals surface area contributed by atoms with Crippen LogP contribution >= 0.6 is 0 Å². The van der Waals surface area contributed by atoms with Crippen molar-refractivity contribution >= 4 is 17.8 Å². The summed E-state index contributed by atoms with van der Waals surface area (Å²) in [5.41, 5.74) is -0.178. The molecule has 0 saturated heterocycles. The lowest BCUT2D eigenvalue weighted by Crippen LogP contribution is -2.53. The first-order chi connectivity index (χ1) is 12.0. The van der Waals surface area contributed by atoms with E-state index in [0.717, 1.165) is 49.9 Å². The Morgan fingerprint density at radius 1 is 0.960 bits per heavy atom. The summed E-state index contributed by atoms with van der Waals surface area (Å²) in [5.74, 6) is 1.64. The largest absolute Gasteiger partial charge is 0.456 e. The van der Waals surface area contributed by atoms with Crippen molar-refractivity contribution in [1.29, 1.82) is 0 Å². The van der Waals surface area contributed by atoms with Crippen molar-refractivity contribution in [3.8, 4) is 0 Å². The molecule has 6 nitrogen and oxygen atoms in total. The van der Waals surface area contributed by atoms with Crippen LogP contribution in [0.25, 0.3) is 0 Å². The second kappa shape index (κ2) is 6.61. The van der Waals surface area contributed by atoms with Gasteiger partial charge in [0.1, 0.15) is 0 Å². The molecule has 0 aromatic carbocycles. The van der Waals surface area contributed by atoms with Gasteiger partial charge in [-0.1, -0.05) is 0 Å². The zero-order chi connectivity index (χ0) is 17.4. The standard InChI is InChI=1S/C19H28N2O4/c22-16(21-15-1-2-15)11-25-17(23)3-4-20-18(24)19-8-12-5-13(9-19)7-14(6-12)10-19/h12-15H,1-11H2,(H,20,24)(H,21,22). The van der Waals surface area contributed by atoms with E-state index in [0.29, 0.717) is 6.54 Å². The molecule has 0 heterocycles. The van der Waals surface area contributed by atoms with Gasteiger partial charge in [-0.15, -0.1) is 0 Å². The van der Waals surface area contributed by atoms with Crippen molar-refractivity contribution in [2.24, 2.45) is 23.2 Å². The second-order valence-electron chi connectivity index (χ2n) is 8.71. The number of ether oxygens (including phenoxy) is 1. The number of hydrogen-bond donors (Lipinski definition) is 2. The molecule has 5 aliphatic carbocycles. The van der Waals surface area contributed by atoms with Crippen LogP contribution in [0.2, 0.25) is 0 Å². The third-order valence-electron chi connectivity index (χ3n) is 6.44. The monoisotopic (exact) mass is 348 g/mol. The van der Waals surface area contributed by atoms with Gasteiger partial charge in [0.2, 0.25) is 5.91 Å². The summed E-state index contributed by atoms with van der Waals surface area (Å²) in [5, 5.41) is 5.73. The SMILES string of the molecule is O=C(COC(=O)CCNC(=O)C12CC3CC(CC(C3)C1)C2)NC1CC1. The molecule has 5 aliphatic rings. The fraction of sp³-hybridized carbons (Fsp3) is 0.842. The van der Waals surface area contributed by atoms with Crippen LogP contribution in [-0.2, 0) is 19.1 Å². The molecule has 6 heteroatoms. The number of rotatable bonds is 7. The van der Waals surface area contributed by atoms with Crippen LogP contribution in [0.3, 0.4) is 0 Å². The minimum Gasteiger partial charge on any atom is -0.456 e. The van der Waals surface area contributed by atoms with Gasteiger partial charge < -0.3 is 15.4 Å². The Labute approximate surface area is 148 Å². The minimum absolute atomic E-state index is 0.120. The number of esters is 1. The van der Waals surface area contributed by atoms with E-state index in [-0.39, 0.29) is 36.3 Å². The highest BCUT2D eigenvalue weighted by Crippen LogP contribution is 2.60. The molecule has 2 amide bonds. The number of hydrogen-bond acceptors (Lipinski definition) is 4. The van der Waals surface area contributed by atoms with Gasteiger partial charge in [0, 0.05) is 18.0 Å². The molecule has 0 unspecified atom stereocenters. The molecule has 0 aliphatic heterocycles. The summed E-state index contributed by atoms with van der Waals surface area (Å²) in [6.07, 6.45) is 9.13. The third kappa shape index (κ3) is 3.82. The molecule has 5 saturated carbocycles. The van der Waals surface area contributed by atoms with Crippen molar-refractivity contribution in [1.82, 2.24) is 10.6 Å². The highest BCUT2D eigenvalue weighted by atomic mass is 16.5. The van der Waals surface area contributed by atoms with Crippen LogP contribution in [0, 0.1) is 23.2 Å². The van der Waals surface area contributed by atoms with Gasteiger partial charge in [-0.05, 0) is 69.1 Å². The van der Waals surface area contributed by atoms with Gasteiger partial charge >= 0.3 is 5.97 Å². The van der Waals surface area contributed by atoms with E-state index in [1.165, 1.54) is 19.3 Å². The van der Waals surface area contributed by atoms with Crippen LogP contribution < -0.4 is 10.6 Å². The summed E-state index contributed by atoms with van der Waals surface area (Å²) in [6.45, 7) is 0.0713. The molecule has 0 radical (unpaired) electrons. The number of carbonyl (C=O) groups excluding carboxylic acids is 3. The van der Waals surface area contributed by atoms with E-state index in [1.807, 2.05) is 0 Å². The van der Waals surface area contributed by atoms with Crippen LogP contribution in [0.4, 0.5) is 0 Å². The summed E-state index contributed by atoms with van der Waals surface area (Å²) in [7, 11) is 0. The van der Waals surface area contributed by atoms with Crippen molar-refractivity contribution in [3.05, 3.63) is 0 Å². The highest BCUT2D eigenvalue weighted by molar-refractivity contribution is 5.84. The average molecular weight is 348 g/mol. The maximum atomic E-state index is 12.7. The van der Waals surface area contributed by atoms with Gasteiger partial charge in [-0.25, -0.2) is 0 Å². The lowest BCUT2D eigenvalue weighted by atomic mass is 9.49. The minimum atomic E-state index is -0.434. The van der Waals surface area contributed by atoms with Gasteiger partial charge in [0.15, 0.2) is 6.61 Å². The Hall–Kier alpha value is -1.59. The number of carbonyl (C=O) groups is 3. The van der Waals surface area contributed by atoms with E-state index in [4.69, 9.17) is 4.74 Å². The predicted molar refractivity (Wildman–Crippen MR) is 90.4 cm³/mol. The average Bonchev–Trinajstić information content (AvgIpc) is 3.35. The Kier molecular flexibility index (Phi) is 4.46. The lowest BCUT2D eigenvalue weighted by Gasteiger charge is -2.55. The smallest absolute Gasteiger partial charge is 0.308 e. The molecular formula is C19H28N2O4. The molecule has 2 N–H and O–H groups in total. The maximum absolute atomic E-state index is 12.7. The van der Waals surface area contributed by atoms with Crippen LogP contribution in [0.5, 0.6) is 0 Å². The van der Waals surface area contributed by atoms with Crippen LogP contribution in [0.1, 0.15) is 57.8 Å². The molecule has 5 rings (SSSR count). The normalized spacial score (nSPS) is 35.3. The molecule has 138 valence electrons. The summed E-state index contributed by atoms with van der Waals surface area (Å²) >= 11 is 0. The lowest BCUT2D eigenvalue weighted by molar-refractivity contribution is -0.149. The fourth-order valence-corrected chi connectivity index (χ4v) is 5.57. The zero-order valence-corrected chi connectivity index (χ0v) is 14.7. The molecule has 0 atom stereocenters. The van der Waals surface area contributed by atoms with E-state index in [2.05, 4.69) is 10.6 Å². The summed E-state index contributed by atoms with van der Waals surface area (Å²) < 4.78 is 4.96. The molecule has 0 aromatic heterocycles. The first-order valence-electron chi connectivity index (χ1n) is 9.76. The van der Waals surface area contributed by atoms with E-state index < -0.39 is 5.97 Å². The molecule has 0 aromatic rings. The van der Waals surface area contributed by atoms with Gasteiger partial charge in [0.05, 0.1) is 6.42 Å². The number of amides is 2. The zero-order valence-electron chi connectivity index (χ0n) is 14.7. The van der Waals surface area contributed by atoms with E-state index in [1.54, 1.807) is 0 Å². The van der Waals surface area contributed by atoms with Crippen molar-refractivity contribution in [2.75, 3.05) is 13.2 Å². The molecule has 4 bridgehead atoms. The number of nitrogens with one attached hydrogen (secondary N) is 2. The fourth-order valence-electron chi connectivity index (χ4n) is 5.57. The highest BCUT2D eigenvalue weighted by Gasteiger charge is 2.54. The Bertz CT molecular complexity index is 534. The Morgan fingerprint density at radius 3 is 2.12 bits per heavy atom. The van der Waals surface area contributed by atoms with Crippen LogP contribution in [0.15, 0.2) is 0 Å². The molecular weight excluding hydrogens is 320 g/mol. The Balaban J connectivity index is 1.17. The third-order valence-corrected chi connectivity index (χ3v) is 6.44. The van der Waals surface area contributed by atoms with Gasteiger partial charge in [0.25, 0.3) is 5.91 Å². The van der Waals surface area contributed by atoms with E-state index >= 15 is 0 Å². The molecule has 5 fully saturated rings. The molecule has 25 heavy (non-hydrogen) atoms. The van der Waals surface area contributed by atoms with E-state index in [9.17, 15) is 14.4 Å². The second-order valence-corrected chi connectivity index (χ2v) is 8.71. The van der Waals surface area contributed by atoms with Gasteiger partial charge in [-0.2, -0.15) is 0 Å². The molecule has 0 spiro atoms. The summed E-state index contributed by atoms with van der Waals surface area (Å²) in [6, 6.07) is 0.269. The maximum Gasteiger partial charge on any atom is 0.308 e. The predicted octanol–water partition coefficient (Wildman–Crippen LogP) is 1.53. The van der Waals surface area contributed by atoms with Crippen molar-refractivity contribution < 1.29 is 19.1 Å². The first-order valence-corrected chi connectivity index (χ1v) is 9.76. The van der Waals surface area contributed by atoms with Crippen LogP contribution in [-0.4, -0.2) is 37.0 Å². The summed E-state index contributed by atoms with van der Waals surface area (Å²) in [4.78, 5) is 36.0. The topological polar surface area (TPSA) is 84.5 Å². The van der Waals surface area contributed by atoms with Crippen molar-refractivity contribution in [2.45, 2.75) is 63.8 Å².